The van der Waals surface area contributed by atoms with Gasteiger partial charge in [0.1, 0.15) is 11.4 Å². The fourth-order valence-electron chi connectivity index (χ4n) is 5.39. The Hall–Kier alpha value is -2.80. The lowest BCUT2D eigenvalue weighted by molar-refractivity contribution is -0.136. The Bertz CT molecular complexity index is 1150. The molecule has 0 unspecified atom stereocenters. The first-order valence-corrected chi connectivity index (χ1v) is 12.4. The van der Waals surface area contributed by atoms with Crippen LogP contribution in [0.3, 0.4) is 0 Å². The van der Waals surface area contributed by atoms with Gasteiger partial charge in [-0.05, 0) is 33.6 Å². The van der Waals surface area contributed by atoms with Gasteiger partial charge in [-0.3, -0.25) is 4.79 Å². The molecule has 2 fully saturated rings. The van der Waals surface area contributed by atoms with Crippen molar-refractivity contribution in [3.8, 4) is 11.3 Å². The predicted molar refractivity (Wildman–Crippen MR) is 143 cm³/mol. The summed E-state index contributed by atoms with van der Waals surface area (Å²) in [5, 5.41) is 9.60. The van der Waals surface area contributed by atoms with Crippen molar-refractivity contribution in [1.82, 2.24) is 24.8 Å². The molecule has 2 aromatic heterocycles. The van der Waals surface area contributed by atoms with Crippen LogP contribution >= 0.6 is 12.4 Å². The highest BCUT2D eigenvalue weighted by Crippen LogP contribution is 2.41. The van der Waals surface area contributed by atoms with Crippen LogP contribution in [0.5, 0.6) is 0 Å². The number of anilines is 3. The van der Waals surface area contributed by atoms with Crippen LogP contribution in [0.15, 0.2) is 12.4 Å². The summed E-state index contributed by atoms with van der Waals surface area (Å²) in [4.78, 5) is 37.7. The number of aromatic nitrogens is 4. The van der Waals surface area contributed by atoms with E-state index in [1.165, 1.54) is 0 Å². The number of amides is 1. The summed E-state index contributed by atoms with van der Waals surface area (Å²) < 4.78 is 5.64. The first-order chi connectivity index (χ1) is 17.1. The lowest BCUT2D eigenvalue weighted by Crippen LogP contribution is -2.57. The molecule has 2 saturated heterocycles. The number of nitrogen functional groups attached to an aromatic ring is 1. The maximum Gasteiger partial charge on any atom is 0.244 e. The molecular weight excluding hydrogens is 498 g/mol. The molecule has 1 amide bonds. The van der Waals surface area contributed by atoms with Crippen LogP contribution in [0.2, 0.25) is 0 Å². The lowest BCUT2D eigenvalue weighted by atomic mass is 9.99. The monoisotopic (exact) mass is 533 g/mol. The number of nitrogens with two attached hydrogens (primary N) is 2. The van der Waals surface area contributed by atoms with Gasteiger partial charge in [0.25, 0.3) is 0 Å². The fourth-order valence-corrected chi connectivity index (χ4v) is 5.39. The lowest BCUT2D eigenvalue weighted by Gasteiger charge is -2.38. The Morgan fingerprint density at radius 1 is 1.27 bits per heavy atom. The average molecular weight is 534 g/mol. The number of likely N-dealkylation sites (tertiary alicyclic amines) is 1. The third kappa shape index (κ3) is 4.90. The summed E-state index contributed by atoms with van der Waals surface area (Å²) in [7, 11) is 0. The normalized spacial score (nSPS) is 25.0. The zero-order valence-electron chi connectivity index (χ0n) is 21.6. The van der Waals surface area contributed by atoms with Gasteiger partial charge >= 0.3 is 0 Å². The molecule has 0 spiro atoms. The average Bonchev–Trinajstić information content (AvgIpc) is 3.48. The quantitative estimate of drug-likeness (QED) is 0.482. The first kappa shape index (κ1) is 27.2. The van der Waals surface area contributed by atoms with Gasteiger partial charge in [-0.1, -0.05) is 0 Å². The number of aliphatic hydroxyl groups is 1. The van der Waals surface area contributed by atoms with Crippen molar-refractivity contribution in [2.45, 2.75) is 50.7 Å². The van der Waals surface area contributed by atoms with E-state index in [-0.39, 0.29) is 35.8 Å². The molecule has 3 atom stereocenters. The molecule has 2 aromatic rings. The van der Waals surface area contributed by atoms with Gasteiger partial charge in [0.05, 0.1) is 37.1 Å². The second kappa shape index (κ2) is 10.2. The molecule has 5 rings (SSSR count). The second-order valence-electron chi connectivity index (χ2n) is 10.6. The van der Waals surface area contributed by atoms with Gasteiger partial charge in [0, 0.05) is 49.7 Å². The van der Waals surface area contributed by atoms with Gasteiger partial charge in [0.2, 0.25) is 17.8 Å². The van der Waals surface area contributed by atoms with Crippen LogP contribution < -0.4 is 21.3 Å². The summed E-state index contributed by atoms with van der Waals surface area (Å²) in [6.45, 7) is 9.21. The van der Waals surface area contributed by atoms with Gasteiger partial charge < -0.3 is 36.0 Å². The minimum atomic E-state index is -1.29. The maximum atomic E-state index is 13.0. The van der Waals surface area contributed by atoms with Crippen molar-refractivity contribution in [3.63, 3.8) is 0 Å². The predicted octanol–water partition coefficient (Wildman–Crippen LogP) is 0.226. The molecule has 202 valence electrons. The standard InChI is InChI=1S/C24H35N9O3.ClH/c1-15-12-36-9-8-32(15)22-29-18(16-10-27-21(25)28-11-16)17-4-6-33(19(17)30-22)23(2)5-7-31(13-23)20(35)24(3,26)14-34;/h10-11,15,34H,4-9,12-14,26H2,1-3H3,(H2,25,27,28);1H/t15-,23-,24+;/m0./s1. The minimum Gasteiger partial charge on any atom is -0.394 e. The Morgan fingerprint density at radius 3 is 2.68 bits per heavy atom. The molecule has 3 aliphatic rings. The second-order valence-corrected chi connectivity index (χ2v) is 10.6. The molecule has 0 aliphatic carbocycles. The smallest absolute Gasteiger partial charge is 0.244 e. The van der Waals surface area contributed by atoms with Crippen LogP contribution in [0.4, 0.5) is 17.7 Å². The molecule has 12 nitrogen and oxygen atoms in total. The first-order valence-electron chi connectivity index (χ1n) is 12.4. The zero-order chi connectivity index (χ0) is 25.7. The van der Waals surface area contributed by atoms with Crippen molar-refractivity contribution in [2.75, 3.05) is 61.5 Å². The van der Waals surface area contributed by atoms with Crippen LogP contribution in [0, 0.1) is 0 Å². The molecule has 5 N–H and O–H groups in total. The van der Waals surface area contributed by atoms with E-state index < -0.39 is 12.1 Å². The molecule has 3 aliphatic heterocycles. The number of aliphatic hydroxyl groups excluding tert-OH is 1. The fraction of sp³-hybridized carbons (Fsp3) is 0.625. The Labute approximate surface area is 222 Å². The van der Waals surface area contributed by atoms with Gasteiger partial charge in [-0.2, -0.15) is 4.98 Å². The van der Waals surface area contributed by atoms with Crippen molar-refractivity contribution in [2.24, 2.45) is 5.73 Å². The van der Waals surface area contributed by atoms with Crippen molar-refractivity contribution in [3.05, 3.63) is 18.0 Å². The highest BCUT2D eigenvalue weighted by atomic mass is 35.5. The third-order valence-electron chi connectivity index (χ3n) is 7.59. The molecule has 0 bridgehead atoms. The number of hydrogen-bond acceptors (Lipinski definition) is 11. The number of morpholine rings is 1. The van der Waals surface area contributed by atoms with Gasteiger partial charge in [-0.15, -0.1) is 12.4 Å². The molecule has 37 heavy (non-hydrogen) atoms. The molecule has 0 radical (unpaired) electrons. The van der Waals surface area contributed by atoms with Crippen molar-refractivity contribution < 1.29 is 14.6 Å². The van der Waals surface area contributed by atoms with Crippen LogP contribution in [-0.4, -0.2) is 99.0 Å². The number of rotatable bonds is 5. The van der Waals surface area contributed by atoms with E-state index in [0.29, 0.717) is 38.8 Å². The van der Waals surface area contributed by atoms with E-state index >= 15 is 0 Å². The third-order valence-corrected chi connectivity index (χ3v) is 7.59. The van der Waals surface area contributed by atoms with E-state index in [0.717, 1.165) is 42.0 Å². The van der Waals surface area contributed by atoms with E-state index in [4.69, 9.17) is 26.2 Å². The highest BCUT2D eigenvalue weighted by Gasteiger charge is 2.47. The Morgan fingerprint density at radius 2 is 2.00 bits per heavy atom. The van der Waals surface area contributed by atoms with Crippen molar-refractivity contribution in [1.29, 1.82) is 0 Å². The summed E-state index contributed by atoms with van der Waals surface area (Å²) in [6, 6.07) is 0.137. The van der Waals surface area contributed by atoms with Crippen molar-refractivity contribution >= 4 is 36.0 Å². The van der Waals surface area contributed by atoms with E-state index in [1.807, 2.05) is 0 Å². The summed E-state index contributed by atoms with van der Waals surface area (Å²) >= 11 is 0. The number of halogens is 1. The Balaban J connectivity index is 0.00000320. The molecule has 0 aromatic carbocycles. The number of carbonyl (C=O) groups is 1. The summed E-state index contributed by atoms with van der Waals surface area (Å²) in [5.41, 5.74) is 12.8. The zero-order valence-corrected chi connectivity index (χ0v) is 22.4. The minimum absolute atomic E-state index is 0. The summed E-state index contributed by atoms with van der Waals surface area (Å²) in [6.07, 6.45) is 4.94. The molecule has 0 saturated carbocycles. The molecule has 5 heterocycles. The molecule has 13 heteroatoms. The number of ether oxygens (including phenoxy) is 1. The van der Waals surface area contributed by atoms with Crippen LogP contribution in [-0.2, 0) is 16.0 Å². The maximum absolute atomic E-state index is 13.0. The number of fused-ring (bicyclic) bond motifs is 1. The van der Waals surface area contributed by atoms with Gasteiger partial charge in [0.15, 0.2) is 0 Å². The van der Waals surface area contributed by atoms with E-state index in [1.54, 1.807) is 24.2 Å². The van der Waals surface area contributed by atoms with Crippen LogP contribution in [0.25, 0.3) is 11.3 Å². The highest BCUT2D eigenvalue weighted by molar-refractivity contribution is 5.86. The van der Waals surface area contributed by atoms with Gasteiger partial charge in [-0.25, -0.2) is 15.0 Å². The molecular formula is C24H36ClN9O3. The number of hydrogen-bond donors (Lipinski definition) is 3. The Kier molecular flexibility index (Phi) is 7.48. The van der Waals surface area contributed by atoms with E-state index in [2.05, 4.69) is 33.6 Å². The number of nitrogens with zero attached hydrogens (tertiary/aromatic N) is 7. The van der Waals surface area contributed by atoms with Crippen LogP contribution in [0.1, 0.15) is 32.8 Å². The van der Waals surface area contributed by atoms with E-state index in [9.17, 15) is 9.90 Å². The largest absolute Gasteiger partial charge is 0.394 e. The topological polar surface area (TPSA) is 160 Å². The SMILES string of the molecule is C[C@H]1COCCN1c1nc(-c2cnc(N)nc2)c2c(n1)N([C@@]1(C)CCN(C(=O)[C@](C)(N)CO)C1)CC2.Cl. The number of carbonyl (C=O) groups excluding carboxylic acids is 1. The summed E-state index contributed by atoms with van der Waals surface area (Å²) in [5.74, 6) is 1.50.